The van der Waals surface area contributed by atoms with E-state index in [1.165, 1.54) is 0 Å². The number of fused-ring (bicyclic) bond motifs is 1. The number of rotatable bonds is 14. The van der Waals surface area contributed by atoms with E-state index in [-0.39, 0.29) is 6.61 Å². The van der Waals surface area contributed by atoms with Gasteiger partial charge in [-0.2, -0.15) is 0 Å². The zero-order valence-electron chi connectivity index (χ0n) is 25.1. The van der Waals surface area contributed by atoms with Crippen LogP contribution in [0, 0.1) is 0 Å². The quantitative estimate of drug-likeness (QED) is 0.137. The molecule has 0 saturated carbocycles. The van der Waals surface area contributed by atoms with Gasteiger partial charge in [-0.1, -0.05) is 140 Å². The normalized spacial score (nSPS) is 13.4. The predicted molar refractivity (Wildman–Crippen MR) is 178 cm³/mol. The van der Waals surface area contributed by atoms with Crippen molar-refractivity contribution in [2.45, 2.75) is 38.1 Å². The van der Waals surface area contributed by atoms with E-state index in [9.17, 15) is 5.11 Å². The molecule has 0 fully saturated rings. The molecular weight excluding hydrogens is 558 g/mol. The minimum Gasteiger partial charge on any atom is -0.388 e. The minimum atomic E-state index is -0.981. The summed E-state index contributed by atoms with van der Waals surface area (Å²) in [7, 11) is 0. The molecule has 0 aliphatic rings. The van der Waals surface area contributed by atoms with Gasteiger partial charge in [0.1, 0.15) is 18.3 Å². The minimum absolute atomic E-state index is 0.0775. The van der Waals surface area contributed by atoms with Crippen LogP contribution >= 0.6 is 0 Å². The van der Waals surface area contributed by atoms with E-state index >= 15 is 0 Å². The lowest BCUT2D eigenvalue weighted by molar-refractivity contribution is -0.149. The highest BCUT2D eigenvalue weighted by Crippen LogP contribution is 2.35. The second kappa shape index (κ2) is 15.4. The summed E-state index contributed by atoms with van der Waals surface area (Å²) < 4.78 is 19.4. The topological polar surface area (TPSA) is 60.8 Å². The Morgan fingerprint density at radius 1 is 0.556 bits per heavy atom. The van der Waals surface area contributed by atoms with Gasteiger partial charge in [-0.25, -0.2) is 4.98 Å². The molecule has 0 bridgehead atoms. The van der Waals surface area contributed by atoms with Gasteiger partial charge >= 0.3 is 0 Å². The van der Waals surface area contributed by atoms with Crippen molar-refractivity contribution in [3.63, 3.8) is 0 Å². The van der Waals surface area contributed by atoms with Crippen LogP contribution < -0.4 is 0 Å². The Labute approximate surface area is 264 Å². The van der Waals surface area contributed by atoms with E-state index < -0.39 is 18.3 Å². The predicted octanol–water partition coefficient (Wildman–Crippen LogP) is 8.32. The zero-order valence-corrected chi connectivity index (χ0v) is 25.1. The molecule has 0 amide bonds. The SMILES string of the molecule is O[C@H](COCc1ccccc1)[C@@H](OCc1ccccc1)[C@@H](OCc1ccccc1)c1cc(-c2ccccc2)nc2ccccc12. The third kappa shape index (κ3) is 8.09. The van der Waals surface area contributed by atoms with Gasteiger partial charge < -0.3 is 19.3 Å². The maximum Gasteiger partial charge on any atom is 0.116 e. The molecule has 226 valence electrons. The number of para-hydroxylation sites is 1. The summed E-state index contributed by atoms with van der Waals surface area (Å²) in [5.74, 6) is 0. The average Bonchev–Trinajstić information content (AvgIpc) is 3.11. The van der Waals surface area contributed by atoms with Gasteiger partial charge in [0.15, 0.2) is 0 Å². The Morgan fingerprint density at radius 3 is 1.69 bits per heavy atom. The van der Waals surface area contributed by atoms with Crippen LogP contribution in [0.5, 0.6) is 0 Å². The maximum atomic E-state index is 11.8. The third-order valence-electron chi connectivity index (χ3n) is 7.76. The van der Waals surface area contributed by atoms with Crippen molar-refractivity contribution in [3.05, 3.63) is 174 Å². The summed E-state index contributed by atoms with van der Waals surface area (Å²) in [5.41, 5.74) is 6.64. The first-order valence-corrected chi connectivity index (χ1v) is 15.3. The number of ether oxygens (including phenoxy) is 3. The van der Waals surface area contributed by atoms with E-state index in [4.69, 9.17) is 19.2 Å². The maximum absolute atomic E-state index is 11.8. The van der Waals surface area contributed by atoms with Gasteiger partial charge in [-0.3, -0.25) is 0 Å². The van der Waals surface area contributed by atoms with E-state index in [1.54, 1.807) is 0 Å². The second-order valence-corrected chi connectivity index (χ2v) is 11.0. The highest BCUT2D eigenvalue weighted by molar-refractivity contribution is 5.85. The summed E-state index contributed by atoms with van der Waals surface area (Å²) in [4.78, 5) is 5.00. The highest BCUT2D eigenvalue weighted by atomic mass is 16.6. The highest BCUT2D eigenvalue weighted by Gasteiger charge is 2.34. The molecule has 0 saturated heterocycles. The molecule has 5 heteroatoms. The number of hydrogen-bond donors (Lipinski definition) is 1. The first-order chi connectivity index (χ1) is 22.2. The summed E-state index contributed by atoms with van der Waals surface area (Å²) in [5, 5.41) is 12.8. The van der Waals surface area contributed by atoms with E-state index in [0.717, 1.165) is 44.4 Å². The van der Waals surface area contributed by atoms with Crippen molar-refractivity contribution in [1.82, 2.24) is 4.98 Å². The fraction of sp³-hybridized carbons (Fsp3) is 0.175. The monoisotopic (exact) mass is 595 g/mol. The van der Waals surface area contributed by atoms with Crippen molar-refractivity contribution in [2.75, 3.05) is 6.61 Å². The molecule has 6 rings (SSSR count). The Hall–Kier alpha value is -4.65. The zero-order chi connectivity index (χ0) is 30.7. The molecule has 0 unspecified atom stereocenters. The van der Waals surface area contributed by atoms with Gasteiger partial charge in [0.2, 0.25) is 0 Å². The molecule has 3 atom stereocenters. The Bertz CT molecular complexity index is 1750. The van der Waals surface area contributed by atoms with Crippen molar-refractivity contribution >= 4 is 10.9 Å². The van der Waals surface area contributed by atoms with Gasteiger partial charge in [0, 0.05) is 10.9 Å². The molecule has 0 aliphatic heterocycles. The average molecular weight is 596 g/mol. The van der Waals surface area contributed by atoms with Gasteiger partial charge in [0.05, 0.1) is 37.6 Å². The van der Waals surface area contributed by atoms with Crippen LogP contribution in [-0.4, -0.2) is 28.9 Å². The number of pyridine rings is 1. The van der Waals surface area contributed by atoms with E-state index in [0.29, 0.717) is 19.8 Å². The van der Waals surface area contributed by atoms with Crippen LogP contribution in [-0.2, 0) is 34.0 Å². The Balaban J connectivity index is 1.39. The van der Waals surface area contributed by atoms with Gasteiger partial charge in [-0.15, -0.1) is 0 Å². The number of nitrogens with zero attached hydrogens (tertiary/aromatic N) is 1. The molecule has 45 heavy (non-hydrogen) atoms. The van der Waals surface area contributed by atoms with Crippen molar-refractivity contribution in [3.8, 4) is 11.3 Å². The van der Waals surface area contributed by atoms with Crippen LogP contribution in [0.25, 0.3) is 22.2 Å². The molecule has 1 heterocycles. The smallest absolute Gasteiger partial charge is 0.116 e. The molecule has 0 radical (unpaired) electrons. The van der Waals surface area contributed by atoms with Crippen LogP contribution in [0.2, 0.25) is 0 Å². The molecule has 6 aromatic rings. The molecule has 0 spiro atoms. The second-order valence-electron chi connectivity index (χ2n) is 11.0. The number of aromatic nitrogens is 1. The standard InChI is InChI=1S/C40H37NO4/c42-38(29-43-26-30-15-5-1-6-16-30)40(45-28-32-19-9-3-10-20-32)39(44-27-31-17-7-2-8-18-31)35-25-37(33-21-11-4-12-22-33)41-36-24-14-13-23-34(35)36/h1-25,38-40,42H,26-29H2/t38-,39+,40-/m1/s1. The summed E-state index contributed by atoms with van der Waals surface area (Å²) >= 11 is 0. The molecule has 1 aromatic heterocycles. The lowest BCUT2D eigenvalue weighted by Crippen LogP contribution is -2.39. The molecule has 5 nitrogen and oxygen atoms in total. The number of aliphatic hydroxyl groups is 1. The van der Waals surface area contributed by atoms with Crippen LogP contribution in [0.4, 0.5) is 0 Å². The van der Waals surface area contributed by atoms with E-state index in [2.05, 4.69) is 24.3 Å². The summed E-state index contributed by atoms with van der Waals surface area (Å²) in [6.45, 7) is 1.11. The largest absolute Gasteiger partial charge is 0.388 e. The molecule has 0 aliphatic carbocycles. The molecule has 5 aromatic carbocycles. The summed E-state index contributed by atoms with van der Waals surface area (Å²) in [6.07, 6.45) is -2.37. The van der Waals surface area contributed by atoms with Crippen LogP contribution in [0.3, 0.4) is 0 Å². The third-order valence-corrected chi connectivity index (χ3v) is 7.76. The molecular formula is C40H37NO4. The fourth-order valence-electron chi connectivity index (χ4n) is 5.45. The Morgan fingerprint density at radius 2 is 1.07 bits per heavy atom. The van der Waals surface area contributed by atoms with E-state index in [1.807, 2.05) is 127 Å². The van der Waals surface area contributed by atoms with Gasteiger partial charge in [-0.05, 0) is 34.4 Å². The fourth-order valence-corrected chi connectivity index (χ4v) is 5.45. The van der Waals surface area contributed by atoms with Crippen LogP contribution in [0.15, 0.2) is 152 Å². The van der Waals surface area contributed by atoms with Crippen molar-refractivity contribution in [2.24, 2.45) is 0 Å². The summed E-state index contributed by atoms with van der Waals surface area (Å²) in [6, 6.07) is 50.3. The number of benzene rings is 5. The molecule has 1 N–H and O–H groups in total. The lowest BCUT2D eigenvalue weighted by atomic mass is 9.94. The Kier molecular flexibility index (Phi) is 10.4. The lowest BCUT2D eigenvalue weighted by Gasteiger charge is -2.32. The first-order valence-electron chi connectivity index (χ1n) is 15.3. The number of hydrogen-bond acceptors (Lipinski definition) is 5. The van der Waals surface area contributed by atoms with Gasteiger partial charge in [0.25, 0.3) is 0 Å². The van der Waals surface area contributed by atoms with Crippen molar-refractivity contribution < 1.29 is 19.3 Å². The van der Waals surface area contributed by atoms with Crippen LogP contribution in [0.1, 0.15) is 28.4 Å². The van der Waals surface area contributed by atoms with Crippen molar-refractivity contribution in [1.29, 1.82) is 0 Å². The first kappa shape index (κ1) is 30.4. The number of aliphatic hydroxyl groups excluding tert-OH is 1.